The molecule has 0 saturated carbocycles. The third kappa shape index (κ3) is 2.23. The summed E-state index contributed by atoms with van der Waals surface area (Å²) < 4.78 is 10.0. The Labute approximate surface area is 121 Å². The van der Waals surface area contributed by atoms with Crippen LogP contribution in [0.1, 0.15) is 10.5 Å². The maximum Gasteiger partial charge on any atom is 0.356 e. The van der Waals surface area contributed by atoms with Crippen molar-refractivity contribution in [1.29, 1.82) is 0 Å². The molecule has 0 spiro atoms. The van der Waals surface area contributed by atoms with Gasteiger partial charge in [0.2, 0.25) is 0 Å². The minimum Gasteiger partial charge on any atom is -0.497 e. The lowest BCUT2D eigenvalue weighted by atomic mass is 10.0. The highest BCUT2D eigenvalue weighted by Gasteiger charge is 2.16. The van der Waals surface area contributed by atoms with Crippen LogP contribution >= 0.6 is 0 Å². The number of hydrogen-bond donors (Lipinski definition) is 1. The molecule has 0 unspecified atom stereocenters. The Morgan fingerprint density at radius 2 is 1.95 bits per heavy atom. The Morgan fingerprint density at radius 1 is 1.14 bits per heavy atom. The number of nitrogens with one attached hydrogen (secondary N) is 1. The van der Waals surface area contributed by atoms with Gasteiger partial charge in [0.15, 0.2) is 5.69 Å². The van der Waals surface area contributed by atoms with Crippen LogP contribution in [0.4, 0.5) is 0 Å². The van der Waals surface area contributed by atoms with Crippen molar-refractivity contribution in [2.24, 2.45) is 0 Å². The van der Waals surface area contributed by atoms with Crippen LogP contribution in [0.2, 0.25) is 0 Å². The molecule has 0 aliphatic rings. The molecule has 3 rings (SSSR count). The van der Waals surface area contributed by atoms with E-state index in [1.807, 2.05) is 42.5 Å². The van der Waals surface area contributed by atoms with Gasteiger partial charge in [0, 0.05) is 10.9 Å². The number of ether oxygens (including phenoxy) is 2. The predicted octanol–water partition coefficient (Wildman–Crippen LogP) is 3.03. The van der Waals surface area contributed by atoms with Crippen molar-refractivity contribution < 1.29 is 14.3 Å². The van der Waals surface area contributed by atoms with E-state index in [2.05, 4.69) is 10.2 Å². The fourth-order valence-electron chi connectivity index (χ4n) is 2.32. The number of carbonyl (C=O) groups is 1. The first-order valence-electron chi connectivity index (χ1n) is 6.44. The number of H-pyrrole nitrogens is 1. The fraction of sp³-hybridized carbons (Fsp3) is 0.125. The predicted molar refractivity (Wildman–Crippen MR) is 79.4 cm³/mol. The standard InChI is InChI=1S/C16H14N2O3/c1-20-11-6-3-5-10(9-11)12-7-4-8-13-14(12)17-18-15(13)16(19)21-2/h3-9H,1-2H3,(H,17,18). The minimum atomic E-state index is -0.430. The zero-order valence-corrected chi connectivity index (χ0v) is 11.7. The number of esters is 1. The molecular weight excluding hydrogens is 268 g/mol. The summed E-state index contributed by atoms with van der Waals surface area (Å²) >= 11 is 0. The molecule has 21 heavy (non-hydrogen) atoms. The third-order valence-corrected chi connectivity index (χ3v) is 3.36. The number of rotatable bonds is 3. The van der Waals surface area contributed by atoms with Gasteiger partial charge in [0.1, 0.15) is 11.3 Å². The second kappa shape index (κ2) is 5.28. The van der Waals surface area contributed by atoms with Gasteiger partial charge in [-0.05, 0) is 17.7 Å². The molecule has 0 amide bonds. The molecule has 1 heterocycles. The van der Waals surface area contributed by atoms with Gasteiger partial charge < -0.3 is 9.47 Å². The van der Waals surface area contributed by atoms with Crippen molar-refractivity contribution in [3.8, 4) is 16.9 Å². The Kier molecular flexibility index (Phi) is 3.31. The van der Waals surface area contributed by atoms with Gasteiger partial charge in [0.05, 0.1) is 14.2 Å². The maximum absolute atomic E-state index is 11.7. The molecule has 0 aliphatic carbocycles. The number of hydrogen-bond acceptors (Lipinski definition) is 4. The number of aromatic amines is 1. The SMILES string of the molecule is COC(=O)c1[nH]nc2c(-c3cccc(OC)c3)cccc12. The summed E-state index contributed by atoms with van der Waals surface area (Å²) in [7, 11) is 2.98. The van der Waals surface area contributed by atoms with E-state index < -0.39 is 5.97 Å². The molecule has 0 atom stereocenters. The van der Waals surface area contributed by atoms with E-state index in [0.717, 1.165) is 27.8 Å². The summed E-state index contributed by atoms with van der Waals surface area (Å²) in [5.41, 5.74) is 2.99. The van der Waals surface area contributed by atoms with Crippen LogP contribution in [0.5, 0.6) is 5.75 Å². The van der Waals surface area contributed by atoms with E-state index in [4.69, 9.17) is 9.47 Å². The Morgan fingerprint density at radius 3 is 2.71 bits per heavy atom. The summed E-state index contributed by atoms with van der Waals surface area (Å²) in [4.78, 5) is 11.7. The van der Waals surface area contributed by atoms with E-state index in [9.17, 15) is 4.79 Å². The van der Waals surface area contributed by atoms with Crippen molar-refractivity contribution in [2.45, 2.75) is 0 Å². The maximum atomic E-state index is 11.7. The minimum absolute atomic E-state index is 0.359. The van der Waals surface area contributed by atoms with Gasteiger partial charge in [-0.15, -0.1) is 0 Å². The van der Waals surface area contributed by atoms with E-state index in [-0.39, 0.29) is 0 Å². The number of methoxy groups -OCH3 is 2. The number of fused-ring (bicyclic) bond motifs is 1. The molecule has 0 saturated heterocycles. The molecule has 2 aromatic carbocycles. The number of benzene rings is 2. The second-order valence-corrected chi connectivity index (χ2v) is 4.52. The highest BCUT2D eigenvalue weighted by molar-refractivity contribution is 6.06. The van der Waals surface area contributed by atoms with Crippen molar-refractivity contribution in [1.82, 2.24) is 10.2 Å². The lowest BCUT2D eigenvalue weighted by Gasteiger charge is -2.05. The number of nitrogens with zero attached hydrogens (tertiary/aromatic N) is 1. The molecule has 0 radical (unpaired) electrons. The van der Waals surface area contributed by atoms with Crippen LogP contribution in [-0.4, -0.2) is 30.4 Å². The lowest BCUT2D eigenvalue weighted by molar-refractivity contribution is 0.0596. The van der Waals surface area contributed by atoms with Crippen LogP contribution in [-0.2, 0) is 4.74 Å². The normalized spacial score (nSPS) is 10.6. The van der Waals surface area contributed by atoms with Crippen molar-refractivity contribution >= 4 is 16.9 Å². The summed E-state index contributed by atoms with van der Waals surface area (Å²) in [5.74, 6) is 0.341. The van der Waals surface area contributed by atoms with Gasteiger partial charge >= 0.3 is 5.97 Å². The Balaban J connectivity index is 2.19. The van der Waals surface area contributed by atoms with Gasteiger partial charge in [-0.25, -0.2) is 4.79 Å². The van der Waals surface area contributed by atoms with E-state index in [1.165, 1.54) is 7.11 Å². The zero-order chi connectivity index (χ0) is 14.8. The highest BCUT2D eigenvalue weighted by Crippen LogP contribution is 2.30. The average Bonchev–Trinajstić information content (AvgIpc) is 2.98. The molecule has 0 fully saturated rings. The summed E-state index contributed by atoms with van der Waals surface area (Å²) in [6.45, 7) is 0. The molecule has 5 heteroatoms. The molecule has 0 aliphatic heterocycles. The van der Waals surface area contributed by atoms with E-state index in [1.54, 1.807) is 7.11 Å². The summed E-state index contributed by atoms with van der Waals surface area (Å²) in [6, 6.07) is 13.4. The second-order valence-electron chi connectivity index (χ2n) is 4.52. The molecule has 5 nitrogen and oxygen atoms in total. The fourth-order valence-corrected chi connectivity index (χ4v) is 2.32. The van der Waals surface area contributed by atoms with Crippen LogP contribution < -0.4 is 4.74 Å². The number of carbonyl (C=O) groups excluding carboxylic acids is 1. The molecule has 106 valence electrons. The first-order chi connectivity index (χ1) is 10.2. The zero-order valence-electron chi connectivity index (χ0n) is 11.7. The van der Waals surface area contributed by atoms with Crippen LogP contribution in [0.3, 0.4) is 0 Å². The summed E-state index contributed by atoms with van der Waals surface area (Å²) in [5, 5.41) is 7.74. The molecule has 1 N–H and O–H groups in total. The van der Waals surface area contributed by atoms with Crippen molar-refractivity contribution in [2.75, 3.05) is 14.2 Å². The summed E-state index contributed by atoms with van der Waals surface area (Å²) in [6.07, 6.45) is 0. The van der Waals surface area contributed by atoms with Gasteiger partial charge in [-0.1, -0.05) is 30.3 Å². The highest BCUT2D eigenvalue weighted by atomic mass is 16.5. The van der Waals surface area contributed by atoms with Gasteiger partial charge in [-0.2, -0.15) is 5.10 Å². The lowest BCUT2D eigenvalue weighted by Crippen LogP contribution is -2.01. The van der Waals surface area contributed by atoms with Gasteiger partial charge in [-0.3, -0.25) is 5.10 Å². The molecule has 3 aromatic rings. The molecular formula is C16H14N2O3. The first kappa shape index (κ1) is 13.2. The molecule has 1 aromatic heterocycles. The van der Waals surface area contributed by atoms with Crippen LogP contribution in [0.15, 0.2) is 42.5 Å². The van der Waals surface area contributed by atoms with E-state index >= 15 is 0 Å². The quantitative estimate of drug-likeness (QED) is 0.750. The first-order valence-corrected chi connectivity index (χ1v) is 6.44. The largest absolute Gasteiger partial charge is 0.497 e. The van der Waals surface area contributed by atoms with Crippen LogP contribution in [0, 0.1) is 0 Å². The van der Waals surface area contributed by atoms with Gasteiger partial charge in [0.25, 0.3) is 0 Å². The smallest absolute Gasteiger partial charge is 0.356 e. The number of aromatic nitrogens is 2. The van der Waals surface area contributed by atoms with E-state index in [0.29, 0.717) is 5.69 Å². The van der Waals surface area contributed by atoms with Crippen LogP contribution in [0.25, 0.3) is 22.0 Å². The molecule has 0 bridgehead atoms. The van der Waals surface area contributed by atoms with Crippen molar-refractivity contribution in [3.63, 3.8) is 0 Å². The Hall–Kier alpha value is -2.82. The van der Waals surface area contributed by atoms with Crippen molar-refractivity contribution in [3.05, 3.63) is 48.2 Å². The monoisotopic (exact) mass is 282 g/mol. The third-order valence-electron chi connectivity index (χ3n) is 3.36. The average molecular weight is 282 g/mol. The topological polar surface area (TPSA) is 64.2 Å². The Bertz CT molecular complexity index is 808. The number of para-hydroxylation sites is 1.